The number of thioether (sulfide) groups is 1. The van der Waals surface area contributed by atoms with Crippen LogP contribution in [0.3, 0.4) is 0 Å². The third-order valence-corrected chi connectivity index (χ3v) is 10.6. The Bertz CT molecular complexity index is 564. The lowest BCUT2D eigenvalue weighted by Crippen LogP contribution is -2.61. The Hall–Kier alpha value is -0.180. The highest BCUT2D eigenvalue weighted by atomic mass is 32.2. The van der Waals surface area contributed by atoms with E-state index in [4.69, 9.17) is 0 Å². The van der Waals surface area contributed by atoms with Crippen molar-refractivity contribution >= 4 is 17.7 Å². The van der Waals surface area contributed by atoms with E-state index in [1.165, 1.54) is 44.3 Å². The normalized spacial score (nSPS) is 49.3. The summed E-state index contributed by atoms with van der Waals surface area (Å²) < 4.78 is 0. The summed E-state index contributed by atoms with van der Waals surface area (Å²) in [6, 6.07) is 0.502. The van der Waals surface area contributed by atoms with Gasteiger partial charge in [0.15, 0.2) is 0 Å². The van der Waals surface area contributed by atoms with Gasteiger partial charge in [-0.25, -0.2) is 0 Å². The molecule has 0 aromatic rings. The molecule has 148 valence electrons. The molecule has 0 aromatic carbocycles. The lowest BCUT2D eigenvalue weighted by atomic mass is 9.46. The lowest BCUT2D eigenvalue weighted by molar-refractivity contribution is -0.158. The molecule has 1 aliphatic heterocycles. The molecule has 0 aromatic heterocycles. The third-order valence-electron chi connectivity index (χ3n) is 9.75. The summed E-state index contributed by atoms with van der Waals surface area (Å²) in [6.45, 7) is 7.72. The van der Waals surface area contributed by atoms with Crippen LogP contribution >= 0.6 is 11.8 Å². The molecule has 1 heterocycles. The first-order chi connectivity index (χ1) is 12.3. The molecule has 2 nitrogen and oxygen atoms in total. The van der Waals surface area contributed by atoms with E-state index < -0.39 is 0 Å². The second-order valence-electron chi connectivity index (χ2n) is 10.6. The maximum Gasteiger partial charge on any atom is 0.222 e. The Labute approximate surface area is 165 Å². The fourth-order valence-electron chi connectivity index (χ4n) is 8.50. The highest BCUT2D eigenvalue weighted by molar-refractivity contribution is 7.98. The van der Waals surface area contributed by atoms with Crippen LogP contribution in [0.2, 0.25) is 0 Å². The van der Waals surface area contributed by atoms with Crippen LogP contribution in [0.4, 0.5) is 0 Å². The molecule has 8 atom stereocenters. The van der Waals surface area contributed by atoms with E-state index in [0.29, 0.717) is 22.8 Å². The lowest BCUT2D eigenvalue weighted by Gasteiger charge is -2.62. The van der Waals surface area contributed by atoms with Crippen LogP contribution in [-0.4, -0.2) is 35.9 Å². The summed E-state index contributed by atoms with van der Waals surface area (Å²) in [5, 5.41) is 0. The van der Waals surface area contributed by atoms with Gasteiger partial charge in [0.2, 0.25) is 5.91 Å². The van der Waals surface area contributed by atoms with E-state index >= 15 is 0 Å². The van der Waals surface area contributed by atoms with Gasteiger partial charge in [-0.05, 0) is 97.4 Å². The quantitative estimate of drug-likeness (QED) is 0.650. The fourth-order valence-corrected chi connectivity index (χ4v) is 9.26. The summed E-state index contributed by atoms with van der Waals surface area (Å²) in [4.78, 5) is 14.4. The number of rotatable bonds is 3. The fraction of sp³-hybridized carbons (Fsp3) is 0.957. The molecule has 4 rings (SSSR count). The van der Waals surface area contributed by atoms with Crippen LogP contribution in [0.25, 0.3) is 0 Å². The molecule has 1 saturated heterocycles. The van der Waals surface area contributed by atoms with E-state index in [1.54, 1.807) is 0 Å². The Morgan fingerprint density at radius 2 is 1.81 bits per heavy atom. The third kappa shape index (κ3) is 2.62. The average Bonchev–Trinajstić information content (AvgIpc) is 2.96. The molecule has 1 amide bonds. The molecule has 0 bridgehead atoms. The molecule has 3 heteroatoms. The van der Waals surface area contributed by atoms with Gasteiger partial charge in [-0.15, -0.1) is 0 Å². The van der Waals surface area contributed by atoms with E-state index in [1.807, 2.05) is 11.8 Å². The van der Waals surface area contributed by atoms with E-state index in [0.717, 1.165) is 42.4 Å². The average molecular weight is 378 g/mol. The topological polar surface area (TPSA) is 20.3 Å². The second kappa shape index (κ2) is 6.71. The molecule has 0 radical (unpaired) electrons. The first kappa shape index (κ1) is 19.2. The number of carbonyl (C=O) groups is 1. The van der Waals surface area contributed by atoms with Gasteiger partial charge in [0, 0.05) is 19.5 Å². The number of nitrogens with zero attached hydrogens (tertiary/aromatic N) is 1. The van der Waals surface area contributed by atoms with Crippen molar-refractivity contribution in [2.24, 2.45) is 40.4 Å². The van der Waals surface area contributed by atoms with Crippen LogP contribution in [0.1, 0.15) is 72.1 Å². The number of amides is 1. The highest BCUT2D eigenvalue weighted by Crippen LogP contribution is 2.67. The van der Waals surface area contributed by atoms with Gasteiger partial charge in [0.05, 0.1) is 0 Å². The van der Waals surface area contributed by atoms with Gasteiger partial charge >= 0.3 is 0 Å². The van der Waals surface area contributed by atoms with Crippen LogP contribution < -0.4 is 0 Å². The minimum Gasteiger partial charge on any atom is -0.342 e. The van der Waals surface area contributed by atoms with Gasteiger partial charge in [-0.2, -0.15) is 11.8 Å². The van der Waals surface area contributed by atoms with Gasteiger partial charge in [-0.1, -0.05) is 20.8 Å². The van der Waals surface area contributed by atoms with Crippen LogP contribution in [0, 0.1) is 40.4 Å². The second-order valence-corrected chi connectivity index (χ2v) is 11.6. The Morgan fingerprint density at radius 3 is 2.54 bits per heavy atom. The SMILES string of the molecule is CSCC(C)[C@H]1CC[C@H]2[C@@H]3CC[C@H]4N(C)C(=O)CC[C@]4(C)[C@H]3CC[C@]12C. The van der Waals surface area contributed by atoms with Crippen molar-refractivity contribution < 1.29 is 4.79 Å². The number of hydrogen-bond acceptors (Lipinski definition) is 2. The zero-order chi connectivity index (χ0) is 18.7. The summed E-state index contributed by atoms with van der Waals surface area (Å²) in [5.74, 6) is 6.22. The molecule has 26 heavy (non-hydrogen) atoms. The summed E-state index contributed by atoms with van der Waals surface area (Å²) in [5.41, 5.74) is 0.950. The van der Waals surface area contributed by atoms with Crippen molar-refractivity contribution in [1.82, 2.24) is 4.90 Å². The van der Waals surface area contributed by atoms with Crippen molar-refractivity contribution in [2.45, 2.75) is 78.2 Å². The maximum absolute atomic E-state index is 12.3. The first-order valence-corrected chi connectivity index (χ1v) is 12.5. The Kier molecular flexibility index (Phi) is 4.94. The predicted molar refractivity (Wildman–Crippen MR) is 111 cm³/mol. The molecular formula is C23H39NOS. The molecule has 0 spiro atoms. The van der Waals surface area contributed by atoms with Crippen molar-refractivity contribution in [3.63, 3.8) is 0 Å². The smallest absolute Gasteiger partial charge is 0.222 e. The summed E-state index contributed by atoms with van der Waals surface area (Å²) in [7, 11) is 2.08. The van der Waals surface area contributed by atoms with Gasteiger partial charge in [-0.3, -0.25) is 4.79 Å². The van der Waals surface area contributed by atoms with E-state index in [2.05, 4.69) is 39.0 Å². The maximum atomic E-state index is 12.3. The molecule has 0 N–H and O–H groups in total. The summed E-state index contributed by atoms with van der Waals surface area (Å²) >= 11 is 2.03. The van der Waals surface area contributed by atoms with E-state index in [-0.39, 0.29) is 0 Å². The van der Waals surface area contributed by atoms with Crippen molar-refractivity contribution in [3.05, 3.63) is 0 Å². The minimum atomic E-state index is 0.371. The number of hydrogen-bond donors (Lipinski definition) is 0. The molecule has 4 fully saturated rings. The molecule has 3 aliphatic carbocycles. The van der Waals surface area contributed by atoms with Crippen LogP contribution in [0.15, 0.2) is 0 Å². The largest absolute Gasteiger partial charge is 0.342 e. The van der Waals surface area contributed by atoms with Crippen LogP contribution in [0.5, 0.6) is 0 Å². The Balaban J connectivity index is 1.58. The number of carbonyl (C=O) groups excluding carboxylic acids is 1. The van der Waals surface area contributed by atoms with Crippen molar-refractivity contribution in [1.29, 1.82) is 0 Å². The number of likely N-dealkylation sites (tertiary alicyclic amines) is 1. The van der Waals surface area contributed by atoms with Gasteiger partial charge in [0.25, 0.3) is 0 Å². The standard InChI is InChI=1S/C23H39NOS/c1-15(14-26-5)17-7-8-18-16-6-9-20-23(3,13-11-21(25)24(20)4)19(16)10-12-22(17,18)2/h15-20H,6-14H2,1-5H3/t15?,16-,17+,18-,19-,20+,22+,23+/m0/s1. The zero-order valence-electron chi connectivity index (χ0n) is 17.6. The Morgan fingerprint density at radius 1 is 1.08 bits per heavy atom. The van der Waals surface area contributed by atoms with Crippen molar-refractivity contribution in [3.8, 4) is 0 Å². The molecule has 4 aliphatic rings. The first-order valence-electron chi connectivity index (χ1n) is 11.1. The zero-order valence-corrected chi connectivity index (χ0v) is 18.4. The molecule has 1 unspecified atom stereocenters. The number of piperidine rings is 1. The summed E-state index contributed by atoms with van der Waals surface area (Å²) in [6.07, 6.45) is 12.6. The monoisotopic (exact) mass is 377 g/mol. The highest BCUT2D eigenvalue weighted by Gasteiger charge is 2.61. The predicted octanol–water partition coefficient (Wildman–Crippen LogP) is 5.47. The molecular weight excluding hydrogens is 338 g/mol. The van der Waals surface area contributed by atoms with Crippen LogP contribution in [-0.2, 0) is 4.79 Å². The molecule has 3 saturated carbocycles. The van der Waals surface area contributed by atoms with Crippen molar-refractivity contribution in [2.75, 3.05) is 19.1 Å². The van der Waals surface area contributed by atoms with Gasteiger partial charge in [0.1, 0.15) is 0 Å². The minimum absolute atomic E-state index is 0.371. The van der Waals surface area contributed by atoms with Gasteiger partial charge < -0.3 is 4.90 Å². The van der Waals surface area contributed by atoms with E-state index in [9.17, 15) is 4.79 Å². The number of fused-ring (bicyclic) bond motifs is 5.